The van der Waals surface area contributed by atoms with Crippen LogP contribution in [0.1, 0.15) is 5.56 Å². The molecule has 0 saturated carbocycles. The average Bonchev–Trinajstić information content (AvgIpc) is 2.42. The number of rotatable bonds is 4. The van der Waals surface area contributed by atoms with E-state index in [1.54, 1.807) is 6.07 Å². The number of alkyl halides is 4. The largest absolute Gasteiger partial charge is 0.456 e. The van der Waals surface area contributed by atoms with E-state index in [0.717, 1.165) is 24.3 Å². The zero-order chi connectivity index (χ0) is 15.6. The van der Waals surface area contributed by atoms with Crippen LogP contribution in [0.4, 0.5) is 17.6 Å². The average molecular weight is 339 g/mol. The molecule has 0 aromatic heterocycles. The van der Waals surface area contributed by atoms with Gasteiger partial charge in [0.25, 0.3) is 0 Å². The summed E-state index contributed by atoms with van der Waals surface area (Å²) in [5, 5.41) is 0.656. The van der Waals surface area contributed by atoms with Crippen LogP contribution >= 0.6 is 23.2 Å². The van der Waals surface area contributed by atoms with Crippen molar-refractivity contribution >= 4 is 23.2 Å². The highest BCUT2D eigenvalue weighted by Crippen LogP contribution is 2.36. The third-order valence-electron chi connectivity index (χ3n) is 2.64. The summed E-state index contributed by atoms with van der Waals surface area (Å²) in [6.07, 6.45) is -3.77. The van der Waals surface area contributed by atoms with Crippen molar-refractivity contribution in [3.63, 3.8) is 0 Å². The van der Waals surface area contributed by atoms with Crippen LogP contribution in [0, 0.1) is 0 Å². The molecule has 0 aliphatic carbocycles. The van der Waals surface area contributed by atoms with Gasteiger partial charge in [-0.25, -0.2) is 8.78 Å². The summed E-state index contributed by atoms with van der Waals surface area (Å²) in [7, 11) is 0. The first-order valence-corrected chi connectivity index (χ1v) is 6.45. The number of halogens is 6. The van der Waals surface area contributed by atoms with Crippen LogP contribution in [0.2, 0.25) is 10.0 Å². The topological polar surface area (TPSA) is 9.23 Å². The predicted octanol–water partition coefficient (Wildman–Crippen LogP) is 6.14. The number of hydrogen-bond acceptors (Lipinski definition) is 1. The SMILES string of the molecule is FC(F)C(F)(F)c1ccc(Oc2ccc(Cl)cc2Cl)cc1. The quantitative estimate of drug-likeness (QED) is 0.608. The Kier molecular flexibility index (Phi) is 4.64. The highest BCUT2D eigenvalue weighted by Gasteiger charge is 2.42. The molecule has 0 aliphatic heterocycles. The van der Waals surface area contributed by atoms with Crippen molar-refractivity contribution in [2.75, 3.05) is 0 Å². The summed E-state index contributed by atoms with van der Waals surface area (Å²) in [6.45, 7) is 0. The van der Waals surface area contributed by atoms with E-state index in [2.05, 4.69) is 0 Å². The predicted molar refractivity (Wildman–Crippen MR) is 72.9 cm³/mol. The summed E-state index contributed by atoms with van der Waals surface area (Å²) in [4.78, 5) is 0. The maximum Gasteiger partial charge on any atom is 0.332 e. The van der Waals surface area contributed by atoms with Gasteiger partial charge in [-0.15, -0.1) is 0 Å². The lowest BCUT2D eigenvalue weighted by Gasteiger charge is -2.16. The van der Waals surface area contributed by atoms with Crippen LogP contribution < -0.4 is 4.74 Å². The summed E-state index contributed by atoms with van der Waals surface area (Å²) in [6, 6.07) is 8.59. The van der Waals surface area contributed by atoms with Gasteiger partial charge in [0, 0.05) is 10.6 Å². The van der Waals surface area contributed by atoms with Gasteiger partial charge in [-0.1, -0.05) is 23.2 Å². The smallest absolute Gasteiger partial charge is 0.332 e. The van der Waals surface area contributed by atoms with Gasteiger partial charge in [0.2, 0.25) is 0 Å². The molecule has 2 aromatic carbocycles. The number of ether oxygens (including phenoxy) is 1. The summed E-state index contributed by atoms with van der Waals surface area (Å²) < 4.78 is 56.1. The fourth-order valence-electron chi connectivity index (χ4n) is 1.56. The van der Waals surface area contributed by atoms with Crippen molar-refractivity contribution in [2.24, 2.45) is 0 Å². The number of benzene rings is 2. The van der Waals surface area contributed by atoms with Gasteiger partial charge in [0.15, 0.2) is 0 Å². The van der Waals surface area contributed by atoms with Crippen LogP contribution in [0.15, 0.2) is 42.5 Å². The molecule has 0 atom stereocenters. The second-order valence-corrected chi connectivity index (χ2v) is 4.97. The Labute approximate surface area is 128 Å². The zero-order valence-corrected chi connectivity index (χ0v) is 11.8. The molecule has 0 unspecified atom stereocenters. The first kappa shape index (κ1) is 15.9. The Morgan fingerprint density at radius 3 is 2.10 bits per heavy atom. The van der Waals surface area contributed by atoms with Crippen molar-refractivity contribution in [3.05, 3.63) is 58.1 Å². The van der Waals surface area contributed by atoms with Gasteiger partial charge >= 0.3 is 12.3 Å². The Morgan fingerprint density at radius 1 is 0.952 bits per heavy atom. The Morgan fingerprint density at radius 2 is 1.57 bits per heavy atom. The van der Waals surface area contributed by atoms with E-state index < -0.39 is 17.9 Å². The highest BCUT2D eigenvalue weighted by atomic mass is 35.5. The Hall–Kier alpha value is -1.46. The molecule has 2 aromatic rings. The molecule has 2 rings (SSSR count). The van der Waals surface area contributed by atoms with Crippen LogP contribution in [0.5, 0.6) is 11.5 Å². The Bertz CT molecular complexity index is 629. The van der Waals surface area contributed by atoms with Gasteiger partial charge < -0.3 is 4.74 Å². The molecule has 1 nitrogen and oxygen atoms in total. The van der Waals surface area contributed by atoms with E-state index >= 15 is 0 Å². The molecule has 0 bridgehead atoms. The van der Waals surface area contributed by atoms with Gasteiger partial charge in [-0.2, -0.15) is 8.78 Å². The van der Waals surface area contributed by atoms with E-state index in [-0.39, 0.29) is 16.5 Å². The van der Waals surface area contributed by atoms with Gasteiger partial charge in [0.1, 0.15) is 11.5 Å². The van der Waals surface area contributed by atoms with Gasteiger partial charge in [-0.3, -0.25) is 0 Å². The van der Waals surface area contributed by atoms with E-state index in [0.29, 0.717) is 5.02 Å². The molecule has 0 saturated heterocycles. The fraction of sp³-hybridized carbons (Fsp3) is 0.143. The van der Waals surface area contributed by atoms with Gasteiger partial charge in [0.05, 0.1) is 5.02 Å². The minimum atomic E-state index is -4.20. The molecule has 0 radical (unpaired) electrons. The van der Waals surface area contributed by atoms with Crippen LogP contribution in [0.25, 0.3) is 0 Å². The molecule has 7 heteroatoms. The maximum atomic E-state index is 13.1. The number of hydrogen-bond donors (Lipinski definition) is 0. The first-order valence-electron chi connectivity index (χ1n) is 5.70. The lowest BCUT2D eigenvalue weighted by molar-refractivity contribution is -0.135. The van der Waals surface area contributed by atoms with E-state index in [1.165, 1.54) is 12.1 Å². The van der Waals surface area contributed by atoms with Crippen LogP contribution in [0.3, 0.4) is 0 Å². The van der Waals surface area contributed by atoms with Crippen molar-refractivity contribution in [1.29, 1.82) is 0 Å². The lowest BCUT2D eigenvalue weighted by atomic mass is 10.1. The monoisotopic (exact) mass is 338 g/mol. The zero-order valence-electron chi connectivity index (χ0n) is 10.3. The maximum absolute atomic E-state index is 13.1. The molecule has 0 fully saturated rings. The molecule has 0 N–H and O–H groups in total. The highest BCUT2D eigenvalue weighted by molar-refractivity contribution is 6.35. The summed E-state index contributed by atoms with van der Waals surface area (Å²) >= 11 is 11.6. The molecule has 0 amide bonds. The van der Waals surface area contributed by atoms with E-state index in [4.69, 9.17) is 27.9 Å². The third-order valence-corrected chi connectivity index (χ3v) is 3.17. The second-order valence-electron chi connectivity index (χ2n) is 4.12. The molecular formula is C14H8Cl2F4O. The van der Waals surface area contributed by atoms with E-state index in [1.807, 2.05) is 0 Å². The van der Waals surface area contributed by atoms with Crippen molar-refractivity contribution in [2.45, 2.75) is 12.3 Å². The molecule has 112 valence electrons. The standard InChI is InChI=1S/C14H8Cl2F4O/c15-9-3-6-12(11(16)7-9)21-10-4-1-8(2-5-10)14(19,20)13(17)18/h1-7,13H. The van der Waals surface area contributed by atoms with Gasteiger partial charge in [-0.05, 0) is 42.5 Å². The van der Waals surface area contributed by atoms with Crippen LogP contribution in [-0.4, -0.2) is 6.43 Å². The van der Waals surface area contributed by atoms with E-state index in [9.17, 15) is 17.6 Å². The molecule has 0 aliphatic rings. The molecule has 0 heterocycles. The summed E-state index contributed by atoms with van der Waals surface area (Å²) in [5.41, 5.74) is -0.785. The summed E-state index contributed by atoms with van der Waals surface area (Å²) in [5.74, 6) is -3.74. The minimum Gasteiger partial charge on any atom is -0.456 e. The lowest BCUT2D eigenvalue weighted by Crippen LogP contribution is -2.23. The van der Waals surface area contributed by atoms with Crippen molar-refractivity contribution in [3.8, 4) is 11.5 Å². The first-order chi connectivity index (χ1) is 9.80. The van der Waals surface area contributed by atoms with Crippen molar-refractivity contribution < 1.29 is 22.3 Å². The Balaban J connectivity index is 2.20. The second kappa shape index (κ2) is 6.12. The molecular weight excluding hydrogens is 331 g/mol. The minimum absolute atomic E-state index is 0.188. The molecule has 0 spiro atoms. The third kappa shape index (κ3) is 3.60. The normalized spacial score (nSPS) is 11.8. The van der Waals surface area contributed by atoms with Crippen LogP contribution in [-0.2, 0) is 5.92 Å². The molecule has 21 heavy (non-hydrogen) atoms. The fourth-order valence-corrected chi connectivity index (χ4v) is 2.00. The van der Waals surface area contributed by atoms with Crippen molar-refractivity contribution in [1.82, 2.24) is 0 Å².